The Hall–Kier alpha value is -3.07. The quantitative estimate of drug-likeness (QED) is 0.331. The van der Waals surface area contributed by atoms with Gasteiger partial charge in [-0.1, -0.05) is 66.4 Å². The lowest BCUT2D eigenvalue weighted by molar-refractivity contribution is -0.139. The zero-order valence-corrected chi connectivity index (χ0v) is 23.9. The maximum absolute atomic E-state index is 13.9. The molecule has 206 valence electrons. The van der Waals surface area contributed by atoms with Gasteiger partial charge >= 0.3 is 0 Å². The number of nitrogens with zero attached hydrogens (tertiary/aromatic N) is 2. The number of nitrogens with one attached hydrogen (secondary N) is 1. The van der Waals surface area contributed by atoms with Crippen LogP contribution in [-0.4, -0.2) is 43.8 Å². The number of benzene rings is 3. The predicted molar refractivity (Wildman–Crippen MR) is 154 cm³/mol. The summed E-state index contributed by atoms with van der Waals surface area (Å²) in [4.78, 5) is 28.6. The molecule has 3 aromatic carbocycles. The number of carbonyl (C=O) groups is 2. The highest BCUT2D eigenvalue weighted by Gasteiger charge is 2.33. The van der Waals surface area contributed by atoms with Crippen molar-refractivity contribution in [3.63, 3.8) is 0 Å². The second-order valence-electron chi connectivity index (χ2n) is 9.62. The average Bonchev–Trinajstić information content (AvgIpc) is 3.45. The number of rotatable bonds is 10. The highest BCUT2D eigenvalue weighted by molar-refractivity contribution is 7.92. The Labute approximate surface area is 239 Å². The van der Waals surface area contributed by atoms with Crippen molar-refractivity contribution in [2.24, 2.45) is 0 Å². The van der Waals surface area contributed by atoms with Gasteiger partial charge in [-0.25, -0.2) is 8.42 Å². The summed E-state index contributed by atoms with van der Waals surface area (Å²) in [7, 11) is -4.11. The van der Waals surface area contributed by atoms with Crippen molar-refractivity contribution < 1.29 is 18.0 Å². The lowest BCUT2D eigenvalue weighted by Gasteiger charge is -2.32. The van der Waals surface area contributed by atoms with Gasteiger partial charge in [0.25, 0.3) is 10.0 Å². The van der Waals surface area contributed by atoms with Gasteiger partial charge in [0.05, 0.1) is 10.6 Å². The largest absolute Gasteiger partial charge is 0.352 e. The Morgan fingerprint density at radius 2 is 1.46 bits per heavy atom. The molecule has 10 heteroatoms. The second-order valence-corrected chi connectivity index (χ2v) is 12.4. The highest BCUT2D eigenvalue weighted by Crippen LogP contribution is 2.26. The van der Waals surface area contributed by atoms with Crippen LogP contribution in [-0.2, 0) is 26.2 Å². The molecule has 1 N–H and O–H groups in total. The van der Waals surface area contributed by atoms with Gasteiger partial charge in [-0.15, -0.1) is 0 Å². The van der Waals surface area contributed by atoms with Crippen LogP contribution in [0.15, 0.2) is 83.8 Å². The summed E-state index contributed by atoms with van der Waals surface area (Å²) in [6.07, 6.45) is 3.92. The third-order valence-corrected chi connectivity index (χ3v) is 9.15. The minimum atomic E-state index is -4.11. The number of anilines is 1. The minimum absolute atomic E-state index is 0.0454. The first-order chi connectivity index (χ1) is 18.6. The molecule has 7 nitrogen and oxygen atoms in total. The Balaban J connectivity index is 1.66. The molecule has 4 rings (SSSR count). The van der Waals surface area contributed by atoms with Gasteiger partial charge < -0.3 is 10.2 Å². The summed E-state index contributed by atoms with van der Waals surface area (Å²) in [5, 5.41) is 4.04. The molecule has 1 aliphatic carbocycles. The zero-order chi connectivity index (χ0) is 28.0. The molecule has 2 amide bonds. The molecular formula is C29H31Cl2N3O4S. The van der Waals surface area contributed by atoms with E-state index in [9.17, 15) is 18.0 Å². The molecule has 0 aromatic heterocycles. The van der Waals surface area contributed by atoms with E-state index in [1.807, 2.05) is 0 Å². The SMILES string of the molecule is C[C@H](C(=O)NC1CCCC1)N(Cc1ccc(Cl)cc1)C(=O)CN(c1ccc(Cl)cc1)S(=O)(=O)c1ccccc1. The number of carbonyl (C=O) groups excluding carboxylic acids is 2. The van der Waals surface area contributed by atoms with E-state index in [2.05, 4.69) is 5.32 Å². The number of hydrogen-bond donors (Lipinski definition) is 1. The van der Waals surface area contributed by atoms with Crippen molar-refractivity contribution in [3.05, 3.63) is 94.5 Å². The molecule has 1 aliphatic rings. The minimum Gasteiger partial charge on any atom is -0.352 e. The second kappa shape index (κ2) is 12.9. The lowest BCUT2D eigenvalue weighted by Crippen LogP contribution is -2.52. The molecular weight excluding hydrogens is 557 g/mol. The molecule has 0 heterocycles. The Kier molecular flexibility index (Phi) is 9.53. The first kappa shape index (κ1) is 28.9. The fourth-order valence-corrected chi connectivity index (χ4v) is 6.30. The van der Waals surface area contributed by atoms with Gasteiger partial charge in [0.1, 0.15) is 12.6 Å². The summed E-state index contributed by atoms with van der Waals surface area (Å²) in [6, 6.07) is 20.4. The number of sulfonamides is 1. The van der Waals surface area contributed by atoms with Gasteiger partial charge in [-0.05, 0) is 73.9 Å². The van der Waals surface area contributed by atoms with E-state index in [4.69, 9.17) is 23.2 Å². The maximum Gasteiger partial charge on any atom is 0.264 e. The van der Waals surface area contributed by atoms with Crippen molar-refractivity contribution in [1.82, 2.24) is 10.2 Å². The van der Waals surface area contributed by atoms with Gasteiger partial charge in [-0.2, -0.15) is 0 Å². The standard InChI is InChI=1S/C29H31Cl2N3O4S/c1-21(29(36)32-25-7-5-6-8-25)33(19-22-11-13-23(30)14-12-22)28(35)20-34(26-17-15-24(31)16-18-26)39(37,38)27-9-3-2-4-10-27/h2-4,9-18,21,25H,5-8,19-20H2,1H3,(H,32,36)/t21-/m1/s1. The third kappa shape index (κ3) is 7.32. The van der Waals surface area contributed by atoms with Crippen molar-refractivity contribution in [1.29, 1.82) is 0 Å². The van der Waals surface area contributed by atoms with E-state index in [0.29, 0.717) is 10.0 Å². The van der Waals surface area contributed by atoms with Crippen LogP contribution < -0.4 is 9.62 Å². The summed E-state index contributed by atoms with van der Waals surface area (Å²) in [5.41, 5.74) is 1.04. The Bertz CT molecular complexity index is 1380. The smallest absolute Gasteiger partial charge is 0.264 e. The van der Waals surface area contributed by atoms with Crippen LogP contribution in [0.4, 0.5) is 5.69 Å². The number of amides is 2. The molecule has 0 bridgehead atoms. The summed E-state index contributed by atoms with van der Waals surface area (Å²) >= 11 is 12.1. The summed E-state index contributed by atoms with van der Waals surface area (Å²) < 4.78 is 28.5. The topological polar surface area (TPSA) is 86.8 Å². The molecule has 1 saturated carbocycles. The predicted octanol–water partition coefficient (Wildman–Crippen LogP) is 5.66. The maximum atomic E-state index is 13.9. The molecule has 0 radical (unpaired) electrons. The molecule has 0 aliphatic heterocycles. The molecule has 0 saturated heterocycles. The van der Waals surface area contributed by atoms with Gasteiger partial charge in [0.15, 0.2) is 0 Å². The van der Waals surface area contributed by atoms with Crippen molar-refractivity contribution in [2.45, 2.75) is 56.1 Å². The van der Waals surface area contributed by atoms with Crippen LogP contribution in [0.25, 0.3) is 0 Å². The zero-order valence-electron chi connectivity index (χ0n) is 21.6. The molecule has 39 heavy (non-hydrogen) atoms. The van der Waals surface area contributed by atoms with E-state index in [-0.39, 0.29) is 29.1 Å². The van der Waals surface area contributed by atoms with Crippen molar-refractivity contribution >= 4 is 50.7 Å². The van der Waals surface area contributed by atoms with E-state index in [1.54, 1.807) is 73.7 Å². The summed E-state index contributed by atoms with van der Waals surface area (Å²) in [6.45, 7) is 1.26. The average molecular weight is 589 g/mol. The normalized spacial score (nSPS) is 14.5. The van der Waals surface area contributed by atoms with Crippen LogP contribution in [0.2, 0.25) is 10.0 Å². The highest BCUT2D eigenvalue weighted by atomic mass is 35.5. The van der Waals surface area contributed by atoms with Gasteiger partial charge in [0.2, 0.25) is 11.8 Å². The number of hydrogen-bond acceptors (Lipinski definition) is 4. The van der Waals surface area contributed by atoms with E-state index in [1.165, 1.54) is 17.0 Å². The first-order valence-electron chi connectivity index (χ1n) is 12.8. The van der Waals surface area contributed by atoms with E-state index in [0.717, 1.165) is 35.6 Å². The molecule has 1 atom stereocenters. The Morgan fingerprint density at radius 1 is 0.897 bits per heavy atom. The lowest BCUT2D eigenvalue weighted by atomic mass is 10.1. The number of halogens is 2. The van der Waals surface area contributed by atoms with Gasteiger partial charge in [0, 0.05) is 22.6 Å². The molecule has 0 spiro atoms. The fraction of sp³-hybridized carbons (Fsp3) is 0.310. The van der Waals surface area contributed by atoms with E-state index >= 15 is 0 Å². The monoisotopic (exact) mass is 587 g/mol. The van der Waals surface area contributed by atoms with Crippen molar-refractivity contribution in [3.8, 4) is 0 Å². The van der Waals surface area contributed by atoms with Crippen LogP contribution in [0.5, 0.6) is 0 Å². The first-order valence-corrected chi connectivity index (χ1v) is 15.0. The van der Waals surface area contributed by atoms with Crippen LogP contribution >= 0.6 is 23.2 Å². The van der Waals surface area contributed by atoms with Crippen molar-refractivity contribution in [2.75, 3.05) is 10.8 Å². The van der Waals surface area contributed by atoms with Crippen LogP contribution in [0.3, 0.4) is 0 Å². The van der Waals surface area contributed by atoms with Crippen LogP contribution in [0.1, 0.15) is 38.2 Å². The molecule has 0 unspecified atom stereocenters. The molecule has 3 aromatic rings. The van der Waals surface area contributed by atoms with E-state index < -0.39 is 28.5 Å². The summed E-state index contributed by atoms with van der Waals surface area (Å²) in [5.74, 6) is -0.790. The van der Waals surface area contributed by atoms with Gasteiger partial charge in [-0.3, -0.25) is 13.9 Å². The third-order valence-electron chi connectivity index (χ3n) is 6.86. The fourth-order valence-electron chi connectivity index (χ4n) is 4.62. The molecule has 1 fully saturated rings. The Morgan fingerprint density at radius 3 is 2.05 bits per heavy atom. The van der Waals surface area contributed by atoms with Crippen LogP contribution in [0, 0.1) is 0 Å².